The van der Waals surface area contributed by atoms with Gasteiger partial charge in [0.1, 0.15) is 18.1 Å². The molecule has 0 bridgehead atoms. The van der Waals surface area contributed by atoms with Crippen LogP contribution in [-0.4, -0.2) is 92.7 Å². The van der Waals surface area contributed by atoms with Crippen LogP contribution in [-0.2, 0) is 33.8 Å². The third-order valence-electron chi connectivity index (χ3n) is 4.83. The van der Waals surface area contributed by atoms with Crippen LogP contribution in [0.4, 0.5) is 0 Å². The molecule has 0 fully saturated rings. The van der Waals surface area contributed by atoms with Gasteiger partial charge >= 0.3 is 5.69 Å². The summed E-state index contributed by atoms with van der Waals surface area (Å²) < 4.78 is 8.04. The van der Waals surface area contributed by atoms with Gasteiger partial charge in [0.25, 0.3) is 17.9 Å². The number of likely N-dealkylation sites (N-methyl/N-ethyl adjacent to an activating group) is 1. The van der Waals surface area contributed by atoms with Gasteiger partial charge in [0, 0.05) is 65.2 Å². The molecule has 2 N–H and O–H groups in total. The van der Waals surface area contributed by atoms with Gasteiger partial charge in [-0.1, -0.05) is 0 Å². The van der Waals surface area contributed by atoms with Crippen molar-refractivity contribution in [2.75, 3.05) is 40.4 Å². The quantitative estimate of drug-likeness (QED) is 0.489. The second-order valence-corrected chi connectivity index (χ2v) is 6.93. The summed E-state index contributed by atoms with van der Waals surface area (Å²) in [6.45, 7) is 1.90. The van der Waals surface area contributed by atoms with E-state index in [4.69, 9.17) is 14.6 Å². The van der Waals surface area contributed by atoms with Crippen LogP contribution < -0.4 is 11.2 Å². The lowest BCUT2D eigenvalue weighted by Crippen LogP contribution is -2.39. The molecule has 0 saturated carbocycles. The number of carboxylic acid groups (broad SMARTS) is 1. The monoisotopic (exact) mass is 450 g/mol. The Kier molecular flexibility index (Phi) is 8.89. The molecule has 0 aliphatic carbocycles. The molecule has 2 amide bonds. The van der Waals surface area contributed by atoms with Gasteiger partial charge in [-0.25, -0.2) is 9.78 Å². The zero-order valence-electron chi connectivity index (χ0n) is 17.9. The number of amides is 2. The molecule has 13 nitrogen and oxygen atoms in total. The van der Waals surface area contributed by atoms with Crippen LogP contribution in [0.5, 0.6) is 0 Å². The largest absolute Gasteiger partial charge is 0.483 e. The predicted octanol–water partition coefficient (Wildman–Crippen LogP) is -1.76. The van der Waals surface area contributed by atoms with E-state index in [0.29, 0.717) is 44.9 Å². The Bertz CT molecular complexity index is 1030. The molecular weight excluding hydrogens is 424 g/mol. The number of carbonyl (C=O) groups is 3. The molecule has 0 unspecified atom stereocenters. The van der Waals surface area contributed by atoms with Crippen LogP contribution in [0.3, 0.4) is 0 Å². The zero-order valence-corrected chi connectivity index (χ0v) is 17.9. The van der Waals surface area contributed by atoms with Crippen molar-refractivity contribution in [3.05, 3.63) is 50.8 Å². The average molecular weight is 450 g/mol. The Labute approximate surface area is 182 Å². The molecule has 2 aromatic rings. The first-order chi connectivity index (χ1) is 15.3. The van der Waals surface area contributed by atoms with E-state index in [-0.39, 0.29) is 24.8 Å². The van der Waals surface area contributed by atoms with Gasteiger partial charge in [-0.2, -0.15) is 0 Å². The Morgan fingerprint density at radius 1 is 1.31 bits per heavy atom. The SMILES string of the molecule is COCCN(C)C(=O)c1cn2c(n1)CCN(C(=O)Cn1ccc(=O)[nH]c1=O)CC2.O=CO. The van der Waals surface area contributed by atoms with Gasteiger partial charge in [-0.05, 0) is 0 Å². The van der Waals surface area contributed by atoms with Crippen molar-refractivity contribution in [1.29, 1.82) is 0 Å². The lowest BCUT2D eigenvalue weighted by Gasteiger charge is -2.20. The van der Waals surface area contributed by atoms with Gasteiger partial charge in [-0.3, -0.25) is 28.7 Å². The van der Waals surface area contributed by atoms with Gasteiger partial charge < -0.3 is 24.2 Å². The Morgan fingerprint density at radius 3 is 2.69 bits per heavy atom. The van der Waals surface area contributed by atoms with E-state index in [2.05, 4.69) is 9.97 Å². The first-order valence-corrected chi connectivity index (χ1v) is 9.76. The zero-order chi connectivity index (χ0) is 23.7. The topological polar surface area (TPSA) is 160 Å². The number of aromatic nitrogens is 4. The number of hydrogen-bond donors (Lipinski definition) is 2. The third kappa shape index (κ3) is 6.38. The second kappa shape index (κ2) is 11.6. The summed E-state index contributed by atoms with van der Waals surface area (Å²) in [4.78, 5) is 66.1. The number of hydrogen-bond acceptors (Lipinski definition) is 7. The fourth-order valence-electron chi connectivity index (χ4n) is 3.11. The Morgan fingerprint density at radius 2 is 2.03 bits per heavy atom. The van der Waals surface area contributed by atoms with Gasteiger partial charge in [0.05, 0.1) is 6.61 Å². The van der Waals surface area contributed by atoms with Gasteiger partial charge in [0.15, 0.2) is 0 Å². The fourth-order valence-corrected chi connectivity index (χ4v) is 3.11. The van der Waals surface area contributed by atoms with Crippen LogP contribution in [0.25, 0.3) is 0 Å². The summed E-state index contributed by atoms with van der Waals surface area (Å²) in [5, 5.41) is 6.89. The number of nitrogens with zero attached hydrogens (tertiary/aromatic N) is 5. The number of imidazole rings is 1. The molecule has 174 valence electrons. The van der Waals surface area contributed by atoms with Crippen LogP contribution >= 0.6 is 0 Å². The van der Waals surface area contributed by atoms with E-state index in [1.807, 2.05) is 4.57 Å². The highest BCUT2D eigenvalue weighted by atomic mass is 16.5. The number of aromatic amines is 1. The van der Waals surface area contributed by atoms with E-state index in [9.17, 15) is 19.2 Å². The first kappa shape index (κ1) is 24.5. The van der Waals surface area contributed by atoms with Crippen LogP contribution in [0.15, 0.2) is 28.0 Å². The van der Waals surface area contributed by atoms with Crippen molar-refractivity contribution in [3.63, 3.8) is 0 Å². The highest BCUT2D eigenvalue weighted by Crippen LogP contribution is 2.12. The minimum Gasteiger partial charge on any atom is -0.483 e. The number of nitrogens with one attached hydrogen (secondary N) is 1. The molecule has 13 heteroatoms. The minimum absolute atomic E-state index is 0.147. The molecule has 0 spiro atoms. The lowest BCUT2D eigenvalue weighted by atomic mass is 10.3. The molecule has 0 saturated heterocycles. The maximum atomic E-state index is 12.6. The van der Waals surface area contributed by atoms with Crippen LogP contribution in [0, 0.1) is 0 Å². The maximum Gasteiger partial charge on any atom is 0.328 e. The number of ether oxygens (including phenoxy) is 1. The van der Waals surface area contributed by atoms with Crippen molar-refractivity contribution >= 4 is 18.3 Å². The maximum absolute atomic E-state index is 12.6. The lowest BCUT2D eigenvalue weighted by molar-refractivity contribution is -0.132. The molecule has 0 radical (unpaired) electrons. The van der Waals surface area contributed by atoms with E-state index >= 15 is 0 Å². The summed E-state index contributed by atoms with van der Waals surface area (Å²) in [6.07, 6.45) is 3.52. The van der Waals surface area contributed by atoms with Crippen LogP contribution in [0.1, 0.15) is 16.3 Å². The number of carbonyl (C=O) groups excluding carboxylic acids is 2. The van der Waals surface area contributed by atoms with E-state index < -0.39 is 11.2 Å². The molecule has 32 heavy (non-hydrogen) atoms. The summed E-state index contributed by atoms with van der Waals surface area (Å²) in [5.41, 5.74) is -0.746. The van der Waals surface area contributed by atoms with E-state index in [1.54, 1.807) is 30.2 Å². The molecule has 0 aromatic carbocycles. The third-order valence-corrected chi connectivity index (χ3v) is 4.83. The molecule has 3 rings (SSSR count). The Hall–Kier alpha value is -3.74. The van der Waals surface area contributed by atoms with Crippen molar-refractivity contribution in [2.45, 2.75) is 19.5 Å². The van der Waals surface area contributed by atoms with E-state index in [1.165, 1.54) is 16.8 Å². The highest BCUT2D eigenvalue weighted by Gasteiger charge is 2.23. The molecule has 0 atom stereocenters. The highest BCUT2D eigenvalue weighted by molar-refractivity contribution is 5.92. The van der Waals surface area contributed by atoms with Crippen molar-refractivity contribution in [1.82, 2.24) is 28.9 Å². The summed E-state index contributed by atoms with van der Waals surface area (Å²) in [7, 11) is 3.28. The standard InChI is InChI=1S/C18H24N6O5.CH2O2/c1-21(9-10-29-2)17(27)13-11-23-8-7-22(5-3-14(23)19-13)16(26)12-24-6-4-15(25)20-18(24)28;2-1-3/h4,6,11H,3,5,7-10,12H2,1-2H3,(H,20,25,28);1H,(H,2,3). The van der Waals surface area contributed by atoms with Crippen molar-refractivity contribution in [3.8, 4) is 0 Å². The Balaban J connectivity index is 0.00000114. The van der Waals surface area contributed by atoms with Gasteiger partial charge in [0.2, 0.25) is 5.91 Å². The number of fused-ring (bicyclic) bond motifs is 1. The number of methoxy groups -OCH3 is 1. The number of H-pyrrole nitrogens is 1. The van der Waals surface area contributed by atoms with Crippen molar-refractivity contribution in [2.24, 2.45) is 0 Å². The summed E-state index contributed by atoms with van der Waals surface area (Å²) >= 11 is 0. The van der Waals surface area contributed by atoms with Gasteiger partial charge in [-0.15, -0.1) is 0 Å². The van der Waals surface area contributed by atoms with E-state index in [0.717, 1.165) is 5.82 Å². The average Bonchev–Trinajstić information content (AvgIpc) is 3.06. The summed E-state index contributed by atoms with van der Waals surface area (Å²) in [6, 6.07) is 1.20. The number of rotatable bonds is 6. The smallest absolute Gasteiger partial charge is 0.328 e. The first-order valence-electron chi connectivity index (χ1n) is 9.76. The molecular formula is C19H26N6O7. The fraction of sp³-hybridized carbons (Fsp3) is 0.474. The minimum atomic E-state index is -0.616. The van der Waals surface area contributed by atoms with Crippen LogP contribution in [0.2, 0.25) is 0 Å². The molecule has 1 aliphatic rings. The molecule has 2 aromatic heterocycles. The molecule has 1 aliphatic heterocycles. The second-order valence-electron chi connectivity index (χ2n) is 6.93. The molecule has 3 heterocycles. The normalized spacial score (nSPS) is 12.8. The van der Waals surface area contributed by atoms with Crippen molar-refractivity contribution < 1.29 is 24.2 Å². The predicted molar refractivity (Wildman–Crippen MR) is 111 cm³/mol. The summed E-state index contributed by atoms with van der Waals surface area (Å²) in [5.74, 6) is 0.346.